The van der Waals surface area contributed by atoms with Gasteiger partial charge in [0.05, 0.1) is 6.61 Å². The number of unbranched alkanes of at least 4 members (excludes halogenated alkanes) is 15. The summed E-state index contributed by atoms with van der Waals surface area (Å²) in [6.45, 7) is 3.95. The summed E-state index contributed by atoms with van der Waals surface area (Å²) in [5.74, 6) is -0.696. The fourth-order valence-corrected chi connectivity index (χ4v) is 5.51. The second-order valence-electron chi connectivity index (χ2n) is 13.7. The van der Waals surface area contributed by atoms with Crippen molar-refractivity contribution in [3.05, 3.63) is 85.1 Å². The van der Waals surface area contributed by atoms with Gasteiger partial charge in [-0.3, -0.25) is 9.59 Å². The first-order valence-electron chi connectivity index (χ1n) is 21.1. The average molecular weight is 723 g/mol. The van der Waals surface area contributed by atoms with Crippen LogP contribution in [0.1, 0.15) is 181 Å². The predicted molar refractivity (Wildman–Crippen MR) is 223 cm³/mol. The molecule has 0 saturated carbocycles. The molecule has 0 bridgehead atoms. The van der Waals surface area contributed by atoms with E-state index in [9.17, 15) is 14.7 Å². The average Bonchev–Trinajstić information content (AvgIpc) is 3.15. The number of rotatable bonds is 37. The predicted octanol–water partition coefficient (Wildman–Crippen LogP) is 13.5. The summed E-state index contributed by atoms with van der Waals surface area (Å²) in [6.07, 6.45) is 58.0. The van der Waals surface area contributed by atoms with Gasteiger partial charge in [0.25, 0.3) is 0 Å². The van der Waals surface area contributed by atoms with E-state index in [0.29, 0.717) is 12.8 Å². The van der Waals surface area contributed by atoms with Gasteiger partial charge in [-0.1, -0.05) is 176 Å². The molecule has 0 aromatic rings. The second kappa shape index (κ2) is 42.5. The van der Waals surface area contributed by atoms with E-state index in [2.05, 4.69) is 86.8 Å². The molecule has 5 heteroatoms. The standard InChI is InChI=1S/C47H78O5/c1-3-5-7-9-11-13-15-17-19-21-23-25-27-29-31-33-35-37-39-41-46(49)51-44-45(43-48)52-47(50)42-40-38-36-34-32-30-28-26-24-22-20-18-16-14-12-10-8-6-4-2/h6,8,12,14,17-20,24,26,30,32,36,38,45,48H,3-5,7,9-11,13,15-16,21-23,25,27-29,31,33-35,37,39-44H2,1-2H3/b8-6+,14-12+,19-17+,20-18+,26-24+,32-30+,38-36+/t45-/m0/s1. The highest BCUT2D eigenvalue weighted by Crippen LogP contribution is 2.13. The maximum atomic E-state index is 12.2. The largest absolute Gasteiger partial charge is 0.462 e. The third-order valence-corrected chi connectivity index (χ3v) is 8.69. The SMILES string of the molecule is CC/C=C/C/C=C/C/C=C/C/C=C/C/C=C/C/C=C/CCC(=O)O[C@@H](CO)COC(=O)CCCCCCCCCCC/C=C/CCCCCCCC. The van der Waals surface area contributed by atoms with Crippen LogP contribution in [-0.4, -0.2) is 36.4 Å². The number of carbonyl (C=O) groups excluding carboxylic acids is 2. The van der Waals surface area contributed by atoms with Crippen molar-refractivity contribution in [1.29, 1.82) is 0 Å². The van der Waals surface area contributed by atoms with Crippen LogP contribution in [0.25, 0.3) is 0 Å². The van der Waals surface area contributed by atoms with Crippen molar-refractivity contribution < 1.29 is 24.2 Å². The summed E-state index contributed by atoms with van der Waals surface area (Å²) in [4.78, 5) is 24.3. The molecule has 0 amide bonds. The van der Waals surface area contributed by atoms with Crippen LogP contribution >= 0.6 is 0 Å². The highest BCUT2D eigenvalue weighted by molar-refractivity contribution is 5.70. The molecule has 0 heterocycles. The number of esters is 2. The number of aliphatic hydroxyl groups is 1. The summed E-state index contributed by atoms with van der Waals surface area (Å²) in [5.41, 5.74) is 0. The molecule has 0 saturated heterocycles. The van der Waals surface area contributed by atoms with Gasteiger partial charge in [0.15, 0.2) is 6.10 Å². The Hall–Kier alpha value is -2.92. The number of carbonyl (C=O) groups is 2. The normalized spacial score (nSPS) is 13.1. The van der Waals surface area contributed by atoms with Gasteiger partial charge in [0.2, 0.25) is 0 Å². The smallest absolute Gasteiger partial charge is 0.306 e. The maximum absolute atomic E-state index is 12.2. The van der Waals surface area contributed by atoms with Gasteiger partial charge in [-0.15, -0.1) is 0 Å². The number of allylic oxidation sites excluding steroid dienone is 14. The Balaban J connectivity index is 3.68. The maximum Gasteiger partial charge on any atom is 0.306 e. The van der Waals surface area contributed by atoms with Crippen LogP contribution in [0.5, 0.6) is 0 Å². The van der Waals surface area contributed by atoms with Gasteiger partial charge < -0.3 is 14.6 Å². The number of aliphatic hydroxyl groups excluding tert-OH is 1. The lowest BCUT2D eigenvalue weighted by molar-refractivity contribution is -0.161. The number of hydrogen-bond donors (Lipinski definition) is 1. The topological polar surface area (TPSA) is 72.8 Å². The van der Waals surface area contributed by atoms with E-state index < -0.39 is 12.1 Å². The lowest BCUT2D eigenvalue weighted by atomic mass is 10.1. The molecule has 0 aromatic carbocycles. The summed E-state index contributed by atoms with van der Waals surface area (Å²) in [5, 5.41) is 9.56. The quantitative estimate of drug-likeness (QED) is 0.0393. The van der Waals surface area contributed by atoms with E-state index in [4.69, 9.17) is 9.47 Å². The molecule has 1 N–H and O–H groups in total. The van der Waals surface area contributed by atoms with E-state index in [1.807, 2.05) is 12.2 Å². The van der Waals surface area contributed by atoms with Gasteiger partial charge in [-0.2, -0.15) is 0 Å². The monoisotopic (exact) mass is 723 g/mol. The van der Waals surface area contributed by atoms with E-state index in [1.165, 1.54) is 89.9 Å². The molecule has 5 nitrogen and oxygen atoms in total. The molecule has 0 spiro atoms. The molecule has 296 valence electrons. The number of hydrogen-bond acceptors (Lipinski definition) is 5. The summed E-state index contributed by atoms with van der Waals surface area (Å²) < 4.78 is 10.6. The Kier molecular flexibility index (Phi) is 40.1. The molecule has 0 fully saturated rings. The fourth-order valence-electron chi connectivity index (χ4n) is 5.51. The molecular weight excluding hydrogens is 645 g/mol. The Morgan fingerprint density at radius 1 is 0.462 bits per heavy atom. The van der Waals surface area contributed by atoms with E-state index in [1.54, 1.807) is 0 Å². The lowest BCUT2D eigenvalue weighted by Crippen LogP contribution is -2.28. The minimum Gasteiger partial charge on any atom is -0.462 e. The first-order chi connectivity index (χ1) is 25.6. The minimum atomic E-state index is -0.817. The molecular formula is C47H78O5. The van der Waals surface area contributed by atoms with E-state index in [-0.39, 0.29) is 25.6 Å². The zero-order valence-corrected chi connectivity index (χ0v) is 33.5. The third-order valence-electron chi connectivity index (χ3n) is 8.69. The summed E-state index contributed by atoms with van der Waals surface area (Å²) in [7, 11) is 0. The van der Waals surface area contributed by atoms with E-state index in [0.717, 1.165) is 57.8 Å². The first kappa shape index (κ1) is 49.1. The third kappa shape index (κ3) is 39.9. The van der Waals surface area contributed by atoms with Crippen LogP contribution in [0.15, 0.2) is 85.1 Å². The second-order valence-corrected chi connectivity index (χ2v) is 13.7. The molecule has 0 aliphatic rings. The van der Waals surface area contributed by atoms with Gasteiger partial charge in [0, 0.05) is 12.8 Å². The zero-order valence-electron chi connectivity index (χ0n) is 33.5. The van der Waals surface area contributed by atoms with Crippen molar-refractivity contribution in [3.8, 4) is 0 Å². The number of ether oxygens (including phenoxy) is 2. The molecule has 0 rings (SSSR count). The Morgan fingerprint density at radius 2 is 0.865 bits per heavy atom. The fraction of sp³-hybridized carbons (Fsp3) is 0.660. The molecule has 0 radical (unpaired) electrons. The van der Waals surface area contributed by atoms with Gasteiger partial charge in [-0.05, 0) is 77.0 Å². The van der Waals surface area contributed by atoms with Crippen LogP contribution < -0.4 is 0 Å². The van der Waals surface area contributed by atoms with Crippen LogP contribution in [0, 0.1) is 0 Å². The Morgan fingerprint density at radius 3 is 1.33 bits per heavy atom. The van der Waals surface area contributed by atoms with E-state index >= 15 is 0 Å². The van der Waals surface area contributed by atoms with Crippen molar-refractivity contribution in [3.63, 3.8) is 0 Å². The molecule has 52 heavy (non-hydrogen) atoms. The highest BCUT2D eigenvalue weighted by atomic mass is 16.6. The van der Waals surface area contributed by atoms with Crippen molar-refractivity contribution in [2.75, 3.05) is 13.2 Å². The van der Waals surface area contributed by atoms with Gasteiger partial charge in [-0.25, -0.2) is 0 Å². The summed E-state index contributed by atoms with van der Waals surface area (Å²) >= 11 is 0. The van der Waals surface area contributed by atoms with Crippen LogP contribution in [0.2, 0.25) is 0 Å². The van der Waals surface area contributed by atoms with Crippen molar-refractivity contribution in [1.82, 2.24) is 0 Å². The Labute approximate surface area is 320 Å². The highest BCUT2D eigenvalue weighted by Gasteiger charge is 2.15. The van der Waals surface area contributed by atoms with Gasteiger partial charge in [0.1, 0.15) is 6.61 Å². The molecule has 0 aliphatic carbocycles. The summed E-state index contributed by atoms with van der Waals surface area (Å²) in [6, 6.07) is 0. The minimum absolute atomic E-state index is 0.101. The van der Waals surface area contributed by atoms with Gasteiger partial charge >= 0.3 is 11.9 Å². The lowest BCUT2D eigenvalue weighted by Gasteiger charge is -2.15. The van der Waals surface area contributed by atoms with Crippen molar-refractivity contribution in [2.24, 2.45) is 0 Å². The molecule has 0 aromatic heterocycles. The molecule has 0 aliphatic heterocycles. The van der Waals surface area contributed by atoms with Crippen LogP contribution in [0.3, 0.4) is 0 Å². The van der Waals surface area contributed by atoms with Crippen molar-refractivity contribution >= 4 is 11.9 Å². The van der Waals surface area contributed by atoms with Crippen molar-refractivity contribution in [2.45, 2.75) is 187 Å². The molecule has 0 unspecified atom stereocenters. The Bertz CT molecular complexity index is 999. The van der Waals surface area contributed by atoms with Crippen LogP contribution in [0.4, 0.5) is 0 Å². The molecule has 1 atom stereocenters. The zero-order chi connectivity index (χ0) is 37.8. The first-order valence-corrected chi connectivity index (χ1v) is 21.1. The van der Waals surface area contributed by atoms with Crippen LogP contribution in [-0.2, 0) is 19.1 Å².